The van der Waals surface area contributed by atoms with Crippen molar-refractivity contribution >= 4 is 27.5 Å². The van der Waals surface area contributed by atoms with Gasteiger partial charge in [0.1, 0.15) is 0 Å². The van der Waals surface area contributed by atoms with Crippen LogP contribution in [0.25, 0.3) is 0 Å². The van der Waals surface area contributed by atoms with Crippen LogP contribution in [-0.4, -0.2) is 55.9 Å². The van der Waals surface area contributed by atoms with Crippen molar-refractivity contribution < 1.29 is 26.4 Å². The van der Waals surface area contributed by atoms with Gasteiger partial charge in [0.05, 0.1) is 10.8 Å². The third-order valence-corrected chi connectivity index (χ3v) is 7.62. The minimum Gasteiger partial charge on any atom is -0.342 e. The Morgan fingerprint density at radius 1 is 1.04 bits per heavy atom. The number of amides is 1. The van der Waals surface area contributed by atoms with E-state index in [1.165, 1.54) is 33.5 Å². The first-order chi connectivity index (χ1) is 13.1. The predicted octanol–water partition coefficient (Wildman–Crippen LogP) is 3.54. The molecule has 28 heavy (non-hydrogen) atoms. The van der Waals surface area contributed by atoms with E-state index in [4.69, 9.17) is 11.6 Å². The molecule has 2 fully saturated rings. The average molecular weight is 439 g/mol. The highest BCUT2D eigenvalue weighted by Crippen LogP contribution is 2.34. The van der Waals surface area contributed by atoms with E-state index in [2.05, 4.69) is 0 Å². The number of hydrogen-bond donors (Lipinski definition) is 0. The SMILES string of the molecule is O=C(C1CCN(S(=O)(=O)c2ccc(Cl)cc2)CC1)N1CCCC(C(F)(F)F)C1. The fourth-order valence-corrected chi connectivity index (χ4v) is 5.40. The van der Waals surface area contributed by atoms with Gasteiger partial charge in [-0.3, -0.25) is 4.79 Å². The van der Waals surface area contributed by atoms with Gasteiger partial charge in [-0.1, -0.05) is 11.6 Å². The van der Waals surface area contributed by atoms with E-state index < -0.39 is 28.0 Å². The monoisotopic (exact) mass is 438 g/mol. The standard InChI is InChI=1S/C18H22ClF3N2O3S/c19-15-3-5-16(6-4-15)28(26,27)24-10-7-13(8-11-24)17(25)23-9-1-2-14(12-23)18(20,21)22/h3-6,13-14H,1-2,7-12H2. The zero-order valence-electron chi connectivity index (χ0n) is 15.2. The summed E-state index contributed by atoms with van der Waals surface area (Å²) < 4.78 is 65.6. The molecule has 0 aromatic heterocycles. The lowest BCUT2D eigenvalue weighted by atomic mass is 9.92. The van der Waals surface area contributed by atoms with Gasteiger partial charge >= 0.3 is 6.18 Å². The molecule has 1 unspecified atom stereocenters. The predicted molar refractivity (Wildman–Crippen MR) is 98.3 cm³/mol. The van der Waals surface area contributed by atoms with Crippen LogP contribution in [0.5, 0.6) is 0 Å². The lowest BCUT2D eigenvalue weighted by Gasteiger charge is -2.38. The number of sulfonamides is 1. The molecule has 3 rings (SSSR count). The van der Waals surface area contributed by atoms with E-state index in [1.54, 1.807) is 0 Å². The number of hydrogen-bond acceptors (Lipinski definition) is 3. The van der Waals surface area contributed by atoms with Crippen LogP contribution >= 0.6 is 11.6 Å². The number of piperidine rings is 2. The Bertz CT molecular complexity index is 806. The number of halogens is 4. The summed E-state index contributed by atoms with van der Waals surface area (Å²) in [6.07, 6.45) is -3.31. The molecule has 2 heterocycles. The second-order valence-corrected chi connectivity index (χ2v) is 9.67. The molecular weight excluding hydrogens is 417 g/mol. The number of alkyl halides is 3. The molecule has 0 N–H and O–H groups in total. The van der Waals surface area contributed by atoms with Crippen molar-refractivity contribution in [3.8, 4) is 0 Å². The summed E-state index contributed by atoms with van der Waals surface area (Å²) in [4.78, 5) is 14.1. The summed E-state index contributed by atoms with van der Waals surface area (Å²) in [6, 6.07) is 5.86. The number of carbonyl (C=O) groups is 1. The van der Waals surface area contributed by atoms with Crippen LogP contribution in [-0.2, 0) is 14.8 Å². The molecule has 1 amide bonds. The van der Waals surface area contributed by atoms with Crippen molar-refractivity contribution in [2.45, 2.75) is 36.8 Å². The number of carbonyl (C=O) groups excluding carboxylic acids is 1. The third kappa shape index (κ3) is 4.63. The van der Waals surface area contributed by atoms with Crippen LogP contribution in [0.1, 0.15) is 25.7 Å². The Kier molecular flexibility index (Phi) is 6.26. The quantitative estimate of drug-likeness (QED) is 0.725. The molecule has 0 radical (unpaired) electrons. The van der Waals surface area contributed by atoms with E-state index in [1.807, 2.05) is 0 Å². The smallest absolute Gasteiger partial charge is 0.342 e. The Hall–Kier alpha value is -1.32. The average Bonchev–Trinajstić information content (AvgIpc) is 2.67. The van der Waals surface area contributed by atoms with Crippen molar-refractivity contribution in [1.82, 2.24) is 9.21 Å². The van der Waals surface area contributed by atoms with Crippen LogP contribution in [0.4, 0.5) is 13.2 Å². The van der Waals surface area contributed by atoms with Crippen molar-refractivity contribution in [2.75, 3.05) is 26.2 Å². The second kappa shape index (κ2) is 8.20. The van der Waals surface area contributed by atoms with Gasteiger partial charge in [0.25, 0.3) is 0 Å². The number of likely N-dealkylation sites (tertiary alicyclic amines) is 1. The summed E-state index contributed by atoms with van der Waals surface area (Å²) >= 11 is 5.79. The molecule has 1 atom stereocenters. The minimum absolute atomic E-state index is 0.0467. The van der Waals surface area contributed by atoms with Crippen LogP contribution in [0, 0.1) is 11.8 Å². The molecule has 10 heteroatoms. The first-order valence-electron chi connectivity index (χ1n) is 9.20. The maximum absolute atomic E-state index is 13.0. The van der Waals surface area contributed by atoms with Crippen LogP contribution < -0.4 is 0 Å². The Morgan fingerprint density at radius 3 is 2.21 bits per heavy atom. The highest BCUT2D eigenvalue weighted by atomic mass is 35.5. The highest BCUT2D eigenvalue weighted by molar-refractivity contribution is 7.89. The van der Waals surface area contributed by atoms with Gasteiger partial charge in [-0.05, 0) is 49.9 Å². The van der Waals surface area contributed by atoms with E-state index in [0.717, 1.165) is 0 Å². The Morgan fingerprint density at radius 2 is 1.64 bits per heavy atom. The third-order valence-electron chi connectivity index (χ3n) is 5.45. The summed E-state index contributed by atoms with van der Waals surface area (Å²) in [7, 11) is -3.68. The molecule has 2 saturated heterocycles. The molecule has 0 aliphatic carbocycles. The lowest BCUT2D eigenvalue weighted by Crippen LogP contribution is -2.49. The largest absolute Gasteiger partial charge is 0.393 e. The molecule has 5 nitrogen and oxygen atoms in total. The van der Waals surface area contributed by atoms with Crippen molar-refractivity contribution in [3.05, 3.63) is 29.3 Å². The van der Waals surface area contributed by atoms with Crippen LogP contribution in [0.2, 0.25) is 5.02 Å². The molecule has 0 spiro atoms. The highest BCUT2D eigenvalue weighted by Gasteiger charge is 2.44. The molecular formula is C18H22ClF3N2O3S. The summed E-state index contributed by atoms with van der Waals surface area (Å²) in [5.74, 6) is -2.21. The first-order valence-corrected chi connectivity index (χ1v) is 11.0. The number of nitrogens with zero attached hydrogens (tertiary/aromatic N) is 2. The topological polar surface area (TPSA) is 57.7 Å². The summed E-state index contributed by atoms with van der Waals surface area (Å²) in [6.45, 7) is 0.357. The molecule has 2 aliphatic heterocycles. The van der Waals surface area contributed by atoms with E-state index in [-0.39, 0.29) is 36.9 Å². The summed E-state index contributed by atoms with van der Waals surface area (Å²) in [5.41, 5.74) is 0. The maximum atomic E-state index is 13.0. The van der Waals surface area contributed by atoms with Crippen molar-refractivity contribution in [3.63, 3.8) is 0 Å². The second-order valence-electron chi connectivity index (χ2n) is 7.30. The molecule has 0 saturated carbocycles. The maximum Gasteiger partial charge on any atom is 0.393 e. The minimum atomic E-state index is -4.30. The van der Waals surface area contributed by atoms with Gasteiger partial charge in [0, 0.05) is 37.1 Å². The number of rotatable bonds is 3. The van der Waals surface area contributed by atoms with Crippen molar-refractivity contribution in [2.24, 2.45) is 11.8 Å². The van der Waals surface area contributed by atoms with Gasteiger partial charge in [0.2, 0.25) is 15.9 Å². The molecule has 156 valence electrons. The fourth-order valence-electron chi connectivity index (χ4n) is 3.80. The summed E-state index contributed by atoms with van der Waals surface area (Å²) in [5, 5.41) is 0.432. The molecule has 0 bridgehead atoms. The molecule has 1 aromatic rings. The van der Waals surface area contributed by atoms with Gasteiger partial charge in [-0.25, -0.2) is 8.42 Å². The first kappa shape index (κ1) is 21.4. The Balaban J connectivity index is 1.60. The Labute approximate surface area is 167 Å². The zero-order chi connectivity index (χ0) is 20.5. The number of benzene rings is 1. The lowest BCUT2D eigenvalue weighted by molar-refractivity contribution is -0.188. The van der Waals surface area contributed by atoms with Gasteiger partial charge in [-0.15, -0.1) is 0 Å². The van der Waals surface area contributed by atoms with Crippen LogP contribution in [0.3, 0.4) is 0 Å². The van der Waals surface area contributed by atoms with E-state index in [9.17, 15) is 26.4 Å². The normalized spacial score (nSPS) is 23.0. The van der Waals surface area contributed by atoms with E-state index in [0.29, 0.717) is 30.8 Å². The zero-order valence-corrected chi connectivity index (χ0v) is 16.7. The van der Waals surface area contributed by atoms with Gasteiger partial charge in [0.15, 0.2) is 0 Å². The fraction of sp³-hybridized carbons (Fsp3) is 0.611. The molecule has 1 aromatic carbocycles. The van der Waals surface area contributed by atoms with Crippen molar-refractivity contribution in [1.29, 1.82) is 0 Å². The van der Waals surface area contributed by atoms with Crippen LogP contribution in [0.15, 0.2) is 29.2 Å². The van der Waals surface area contributed by atoms with Gasteiger partial charge in [-0.2, -0.15) is 17.5 Å². The van der Waals surface area contributed by atoms with Gasteiger partial charge < -0.3 is 4.90 Å². The molecule has 2 aliphatic rings. The van der Waals surface area contributed by atoms with E-state index >= 15 is 0 Å².